The summed E-state index contributed by atoms with van der Waals surface area (Å²) >= 11 is 0. The second-order valence-electron chi connectivity index (χ2n) is 2.90. The fourth-order valence-corrected chi connectivity index (χ4v) is 0.949. The first kappa shape index (κ1) is 11.6. The molecule has 0 N–H and O–H groups in total. The fourth-order valence-electron chi connectivity index (χ4n) is 0.949. The number of halogens is 3. The highest BCUT2D eigenvalue weighted by Crippen LogP contribution is 2.22. The van der Waals surface area contributed by atoms with Gasteiger partial charge in [-0.3, -0.25) is 0 Å². The van der Waals surface area contributed by atoms with Crippen molar-refractivity contribution in [2.45, 2.75) is 13.1 Å². The third kappa shape index (κ3) is 3.65. The maximum atomic E-state index is 11.8. The Morgan fingerprint density at radius 2 is 2.07 bits per heavy atom. The lowest BCUT2D eigenvalue weighted by atomic mass is 10.3. The molecule has 0 saturated heterocycles. The summed E-state index contributed by atoms with van der Waals surface area (Å²) in [6.07, 6.45) is -3.05. The molecule has 0 aliphatic carbocycles. The molecule has 0 unspecified atom stereocenters. The van der Waals surface area contributed by atoms with E-state index in [0.717, 1.165) is 0 Å². The second kappa shape index (κ2) is 4.37. The van der Waals surface area contributed by atoms with Crippen LogP contribution >= 0.6 is 0 Å². The number of alkyl halides is 3. The van der Waals surface area contributed by atoms with Crippen LogP contribution in [-0.4, -0.2) is 24.9 Å². The average Bonchev–Trinajstić information content (AvgIpc) is 2.14. The topological polar surface area (TPSA) is 31.4 Å². The van der Waals surface area contributed by atoms with Crippen LogP contribution in [0.15, 0.2) is 12.3 Å². The molecular formula is C9H10F3NO2. The van der Waals surface area contributed by atoms with Crippen molar-refractivity contribution in [1.82, 2.24) is 4.98 Å². The van der Waals surface area contributed by atoms with Crippen molar-refractivity contribution < 1.29 is 22.6 Å². The Hall–Kier alpha value is -1.46. The first-order valence-corrected chi connectivity index (χ1v) is 4.12. The molecule has 1 aromatic rings. The van der Waals surface area contributed by atoms with Crippen molar-refractivity contribution in [3.05, 3.63) is 17.8 Å². The molecule has 0 amide bonds. The number of pyridine rings is 1. The number of nitrogens with zero attached hydrogens (tertiary/aromatic N) is 1. The predicted molar refractivity (Wildman–Crippen MR) is 47.1 cm³/mol. The SMILES string of the molecule is COc1cnc(OCC(F)(F)F)c(C)c1. The third-order valence-corrected chi connectivity index (χ3v) is 1.61. The maximum absolute atomic E-state index is 11.8. The zero-order valence-electron chi connectivity index (χ0n) is 8.26. The van der Waals surface area contributed by atoms with E-state index >= 15 is 0 Å². The largest absolute Gasteiger partial charge is 0.495 e. The molecule has 0 fully saturated rings. The number of aryl methyl sites for hydroxylation is 1. The summed E-state index contributed by atoms with van der Waals surface area (Å²) in [4.78, 5) is 3.70. The molecule has 0 atom stereocenters. The van der Waals surface area contributed by atoms with Gasteiger partial charge in [0, 0.05) is 5.56 Å². The van der Waals surface area contributed by atoms with Gasteiger partial charge in [-0.25, -0.2) is 4.98 Å². The van der Waals surface area contributed by atoms with Gasteiger partial charge in [-0.1, -0.05) is 0 Å². The maximum Gasteiger partial charge on any atom is 0.422 e. The lowest BCUT2D eigenvalue weighted by Gasteiger charge is -2.10. The van der Waals surface area contributed by atoms with Crippen LogP contribution < -0.4 is 9.47 Å². The van der Waals surface area contributed by atoms with Crippen molar-refractivity contribution in [2.24, 2.45) is 0 Å². The van der Waals surface area contributed by atoms with Crippen LogP contribution in [0.25, 0.3) is 0 Å². The zero-order valence-corrected chi connectivity index (χ0v) is 8.26. The predicted octanol–water partition coefficient (Wildman–Crippen LogP) is 2.34. The highest BCUT2D eigenvalue weighted by Gasteiger charge is 2.28. The lowest BCUT2D eigenvalue weighted by Crippen LogP contribution is -2.20. The first-order valence-electron chi connectivity index (χ1n) is 4.12. The minimum Gasteiger partial charge on any atom is -0.495 e. The number of methoxy groups -OCH3 is 1. The van der Waals surface area contributed by atoms with E-state index < -0.39 is 12.8 Å². The van der Waals surface area contributed by atoms with E-state index in [1.165, 1.54) is 13.3 Å². The highest BCUT2D eigenvalue weighted by molar-refractivity contribution is 5.31. The summed E-state index contributed by atoms with van der Waals surface area (Å²) in [5.74, 6) is 0.444. The van der Waals surface area contributed by atoms with Crippen LogP contribution in [0, 0.1) is 6.92 Å². The fraction of sp³-hybridized carbons (Fsp3) is 0.444. The van der Waals surface area contributed by atoms with Gasteiger partial charge in [-0.15, -0.1) is 0 Å². The number of aromatic nitrogens is 1. The van der Waals surface area contributed by atoms with Gasteiger partial charge in [-0.2, -0.15) is 13.2 Å². The molecule has 0 aliphatic rings. The van der Waals surface area contributed by atoms with Gasteiger partial charge >= 0.3 is 6.18 Å². The molecule has 1 rings (SSSR count). The number of ether oxygens (including phenoxy) is 2. The molecule has 0 spiro atoms. The normalized spacial score (nSPS) is 11.3. The Bertz CT molecular complexity index is 339. The molecule has 0 aliphatic heterocycles. The van der Waals surface area contributed by atoms with Crippen molar-refractivity contribution in [2.75, 3.05) is 13.7 Å². The molecule has 6 heteroatoms. The molecule has 0 bridgehead atoms. The third-order valence-electron chi connectivity index (χ3n) is 1.61. The van der Waals surface area contributed by atoms with Gasteiger partial charge < -0.3 is 9.47 Å². The number of hydrogen-bond acceptors (Lipinski definition) is 3. The molecule has 1 aromatic heterocycles. The molecule has 3 nitrogen and oxygen atoms in total. The Morgan fingerprint density at radius 3 is 2.53 bits per heavy atom. The minimum absolute atomic E-state index is 0.0341. The van der Waals surface area contributed by atoms with E-state index in [2.05, 4.69) is 9.72 Å². The standard InChI is InChI=1S/C9H10F3NO2/c1-6-3-7(14-2)4-13-8(6)15-5-9(10,11)12/h3-4H,5H2,1-2H3. The Morgan fingerprint density at radius 1 is 1.40 bits per heavy atom. The number of rotatable bonds is 3. The van der Waals surface area contributed by atoms with Crippen molar-refractivity contribution in [1.29, 1.82) is 0 Å². The quantitative estimate of drug-likeness (QED) is 0.785. The van der Waals surface area contributed by atoms with E-state index in [9.17, 15) is 13.2 Å². The van der Waals surface area contributed by atoms with Crippen LogP contribution in [-0.2, 0) is 0 Å². The van der Waals surface area contributed by atoms with Crippen LogP contribution in [0.1, 0.15) is 5.56 Å². The van der Waals surface area contributed by atoms with E-state index in [1.807, 2.05) is 0 Å². The van der Waals surface area contributed by atoms with Gasteiger partial charge in [0.05, 0.1) is 13.3 Å². The van der Waals surface area contributed by atoms with Gasteiger partial charge in [0.2, 0.25) is 5.88 Å². The van der Waals surface area contributed by atoms with E-state index in [4.69, 9.17) is 4.74 Å². The van der Waals surface area contributed by atoms with E-state index in [-0.39, 0.29) is 5.88 Å². The van der Waals surface area contributed by atoms with E-state index in [1.54, 1.807) is 13.0 Å². The Labute approximate surface area is 84.8 Å². The number of hydrogen-bond donors (Lipinski definition) is 0. The molecule has 0 saturated carbocycles. The van der Waals surface area contributed by atoms with Crippen LogP contribution in [0.4, 0.5) is 13.2 Å². The molecule has 15 heavy (non-hydrogen) atoms. The average molecular weight is 221 g/mol. The smallest absolute Gasteiger partial charge is 0.422 e. The van der Waals surface area contributed by atoms with Gasteiger partial charge in [0.25, 0.3) is 0 Å². The molecule has 0 radical (unpaired) electrons. The van der Waals surface area contributed by atoms with Crippen LogP contribution in [0.3, 0.4) is 0 Å². The van der Waals surface area contributed by atoms with Gasteiger partial charge in [0.15, 0.2) is 6.61 Å². The van der Waals surface area contributed by atoms with Crippen molar-refractivity contribution in [3.63, 3.8) is 0 Å². The van der Waals surface area contributed by atoms with Crippen LogP contribution in [0.2, 0.25) is 0 Å². The molecule has 1 heterocycles. The van der Waals surface area contributed by atoms with E-state index in [0.29, 0.717) is 11.3 Å². The minimum atomic E-state index is -4.35. The summed E-state index contributed by atoms with van der Waals surface area (Å²) in [7, 11) is 1.45. The molecular weight excluding hydrogens is 211 g/mol. The summed E-state index contributed by atoms with van der Waals surface area (Å²) in [6, 6.07) is 1.55. The molecule has 0 aromatic carbocycles. The van der Waals surface area contributed by atoms with Crippen molar-refractivity contribution >= 4 is 0 Å². The van der Waals surface area contributed by atoms with Gasteiger partial charge in [-0.05, 0) is 13.0 Å². The summed E-state index contributed by atoms with van der Waals surface area (Å²) < 4.78 is 44.9. The molecule has 84 valence electrons. The van der Waals surface area contributed by atoms with Crippen LogP contribution in [0.5, 0.6) is 11.6 Å². The highest BCUT2D eigenvalue weighted by atomic mass is 19.4. The van der Waals surface area contributed by atoms with Crippen molar-refractivity contribution in [3.8, 4) is 11.6 Å². The Kier molecular flexibility index (Phi) is 3.39. The first-order chi connectivity index (χ1) is 6.92. The monoisotopic (exact) mass is 221 g/mol. The summed E-state index contributed by atoms with van der Waals surface area (Å²) in [6.45, 7) is 0.258. The lowest BCUT2D eigenvalue weighted by molar-refractivity contribution is -0.154. The van der Waals surface area contributed by atoms with Gasteiger partial charge in [0.1, 0.15) is 5.75 Å². The second-order valence-corrected chi connectivity index (χ2v) is 2.90. The summed E-state index contributed by atoms with van der Waals surface area (Å²) in [5.41, 5.74) is 0.499. The Balaban J connectivity index is 2.70. The zero-order chi connectivity index (χ0) is 11.5. The summed E-state index contributed by atoms with van der Waals surface area (Å²) in [5, 5.41) is 0.